The largest absolute Gasteiger partial charge is 0.340 e. The van der Waals surface area contributed by atoms with Crippen molar-refractivity contribution in [1.82, 2.24) is 10.2 Å². The van der Waals surface area contributed by atoms with Gasteiger partial charge in [0.1, 0.15) is 0 Å². The van der Waals surface area contributed by atoms with Crippen molar-refractivity contribution < 1.29 is 4.79 Å². The van der Waals surface area contributed by atoms with Gasteiger partial charge in [0.2, 0.25) is 5.91 Å². The lowest BCUT2D eigenvalue weighted by atomic mass is 9.88. The van der Waals surface area contributed by atoms with Crippen LogP contribution in [-0.4, -0.2) is 47.8 Å². The van der Waals surface area contributed by atoms with Crippen LogP contribution in [0.15, 0.2) is 60.7 Å². The van der Waals surface area contributed by atoms with Crippen LogP contribution in [0.25, 0.3) is 0 Å². The van der Waals surface area contributed by atoms with Gasteiger partial charge in [-0.15, -0.1) is 0 Å². The number of nitrogens with zero attached hydrogens (tertiary/aromatic N) is 1. The number of rotatable bonds is 10. The highest BCUT2D eigenvalue weighted by atomic mass is 32.1. The topological polar surface area (TPSA) is 58.4 Å². The highest BCUT2D eigenvalue weighted by Crippen LogP contribution is 2.28. The van der Waals surface area contributed by atoms with E-state index >= 15 is 0 Å². The molecule has 0 saturated carbocycles. The molecule has 1 fully saturated rings. The summed E-state index contributed by atoms with van der Waals surface area (Å²) >= 11 is 4.60. The number of hydrogen-bond donors (Lipinski definition) is 3. The standard InChI is InChI=1S/C26H37N3OS/c1-3-19(2)25(27)26(30)29(18-22-16-23(31)17-28-22)15-14-24(20-10-6-4-7-11-20)21-12-8-5-9-13-21/h4-13,19,22-25,28,31H,3,14-18,27H2,1-2H3/t19-,22+,23+,25-/m0/s1. The first kappa shape index (κ1) is 23.8. The number of benzene rings is 2. The molecule has 0 spiro atoms. The second kappa shape index (κ2) is 11.7. The fourth-order valence-corrected chi connectivity index (χ4v) is 4.74. The third-order valence-corrected chi connectivity index (χ3v) is 6.98. The van der Waals surface area contributed by atoms with Gasteiger partial charge >= 0.3 is 0 Å². The Kier molecular flexibility index (Phi) is 9.00. The van der Waals surface area contributed by atoms with Crippen molar-refractivity contribution >= 4 is 18.5 Å². The van der Waals surface area contributed by atoms with Gasteiger partial charge in [-0.05, 0) is 29.9 Å². The third-order valence-electron chi connectivity index (χ3n) is 6.58. The summed E-state index contributed by atoms with van der Waals surface area (Å²) < 4.78 is 0. The first-order valence-corrected chi connectivity index (χ1v) is 12.1. The lowest BCUT2D eigenvalue weighted by molar-refractivity contribution is -0.134. The van der Waals surface area contributed by atoms with Crippen LogP contribution in [0.3, 0.4) is 0 Å². The molecule has 0 bridgehead atoms. The molecule has 1 aliphatic heterocycles. The molecule has 2 aromatic carbocycles. The fraction of sp³-hybridized carbons (Fsp3) is 0.500. The van der Waals surface area contributed by atoms with E-state index in [0.29, 0.717) is 18.3 Å². The van der Waals surface area contributed by atoms with Gasteiger partial charge in [-0.2, -0.15) is 12.6 Å². The zero-order chi connectivity index (χ0) is 22.2. The van der Waals surface area contributed by atoms with Crippen LogP contribution in [0.4, 0.5) is 0 Å². The van der Waals surface area contributed by atoms with E-state index in [9.17, 15) is 4.79 Å². The summed E-state index contributed by atoms with van der Waals surface area (Å²) in [5.41, 5.74) is 8.93. The Bertz CT molecular complexity index is 761. The van der Waals surface area contributed by atoms with Crippen LogP contribution >= 0.6 is 12.6 Å². The van der Waals surface area contributed by atoms with Crippen molar-refractivity contribution in [2.24, 2.45) is 11.7 Å². The van der Waals surface area contributed by atoms with Crippen LogP contribution in [-0.2, 0) is 4.79 Å². The summed E-state index contributed by atoms with van der Waals surface area (Å²) in [6.07, 6.45) is 2.74. The number of nitrogens with two attached hydrogens (primary N) is 1. The Hall–Kier alpha value is -1.82. The van der Waals surface area contributed by atoms with Crippen LogP contribution in [0.2, 0.25) is 0 Å². The SMILES string of the molecule is CC[C@H](C)[C@H](N)C(=O)N(CCC(c1ccccc1)c1ccccc1)C[C@H]1C[C@@H](S)CN1. The number of hydrogen-bond acceptors (Lipinski definition) is 4. The first-order chi connectivity index (χ1) is 15.0. The quantitative estimate of drug-likeness (QED) is 0.489. The van der Waals surface area contributed by atoms with Gasteiger partial charge in [-0.1, -0.05) is 80.9 Å². The Morgan fingerprint density at radius 3 is 2.19 bits per heavy atom. The summed E-state index contributed by atoms with van der Waals surface area (Å²) in [6, 6.07) is 21.0. The lowest BCUT2D eigenvalue weighted by Gasteiger charge is -2.31. The number of nitrogens with one attached hydrogen (secondary N) is 1. The van der Waals surface area contributed by atoms with Gasteiger partial charge in [0.15, 0.2) is 0 Å². The van der Waals surface area contributed by atoms with Crippen LogP contribution in [0.1, 0.15) is 50.2 Å². The molecule has 1 aliphatic rings. The molecule has 31 heavy (non-hydrogen) atoms. The van der Waals surface area contributed by atoms with E-state index < -0.39 is 6.04 Å². The molecule has 0 aromatic heterocycles. The zero-order valence-corrected chi connectivity index (χ0v) is 19.7. The Morgan fingerprint density at radius 2 is 1.71 bits per heavy atom. The molecular formula is C26H37N3OS. The first-order valence-electron chi connectivity index (χ1n) is 11.5. The summed E-state index contributed by atoms with van der Waals surface area (Å²) in [5.74, 6) is 0.480. The van der Waals surface area contributed by atoms with E-state index in [-0.39, 0.29) is 23.8 Å². The van der Waals surface area contributed by atoms with Crippen LogP contribution < -0.4 is 11.1 Å². The number of thiol groups is 1. The van der Waals surface area contributed by atoms with Gasteiger partial charge in [-0.25, -0.2) is 0 Å². The maximum Gasteiger partial charge on any atom is 0.239 e. The molecular weight excluding hydrogens is 402 g/mol. The number of carbonyl (C=O) groups excluding carboxylic acids is 1. The Labute approximate surface area is 193 Å². The molecule has 0 radical (unpaired) electrons. The smallest absolute Gasteiger partial charge is 0.239 e. The maximum atomic E-state index is 13.4. The second-order valence-corrected chi connectivity index (χ2v) is 9.58. The van der Waals surface area contributed by atoms with Crippen molar-refractivity contribution in [3.05, 3.63) is 71.8 Å². The molecule has 0 aliphatic carbocycles. The molecule has 3 N–H and O–H groups in total. The van der Waals surface area contributed by atoms with Gasteiger partial charge in [0.25, 0.3) is 0 Å². The maximum absolute atomic E-state index is 13.4. The molecule has 168 valence electrons. The fourth-order valence-electron chi connectivity index (χ4n) is 4.38. The van der Waals surface area contributed by atoms with Crippen LogP contribution in [0.5, 0.6) is 0 Å². The molecule has 1 saturated heterocycles. The van der Waals surface area contributed by atoms with E-state index in [1.54, 1.807) is 0 Å². The van der Waals surface area contributed by atoms with Gasteiger partial charge in [0, 0.05) is 36.8 Å². The molecule has 1 amide bonds. The van der Waals surface area contributed by atoms with Crippen molar-refractivity contribution in [1.29, 1.82) is 0 Å². The van der Waals surface area contributed by atoms with E-state index in [1.807, 2.05) is 17.0 Å². The monoisotopic (exact) mass is 439 g/mol. The minimum absolute atomic E-state index is 0.0682. The third kappa shape index (κ3) is 6.58. The molecule has 1 heterocycles. The minimum atomic E-state index is -0.454. The highest BCUT2D eigenvalue weighted by molar-refractivity contribution is 7.81. The number of carbonyl (C=O) groups is 1. The normalized spacial score (nSPS) is 20.5. The predicted molar refractivity (Wildman–Crippen MR) is 133 cm³/mol. The van der Waals surface area contributed by atoms with Gasteiger partial charge in [-0.3, -0.25) is 4.79 Å². The molecule has 4 nitrogen and oxygen atoms in total. The summed E-state index contributed by atoms with van der Waals surface area (Å²) in [5, 5.41) is 3.87. The Balaban J connectivity index is 1.78. The minimum Gasteiger partial charge on any atom is -0.340 e. The lowest BCUT2D eigenvalue weighted by Crippen LogP contribution is -2.50. The van der Waals surface area contributed by atoms with Crippen LogP contribution in [0, 0.1) is 5.92 Å². The zero-order valence-electron chi connectivity index (χ0n) is 18.8. The summed E-state index contributed by atoms with van der Waals surface area (Å²) in [4.78, 5) is 15.4. The van der Waals surface area contributed by atoms with Crippen molar-refractivity contribution in [2.75, 3.05) is 19.6 Å². The van der Waals surface area contributed by atoms with E-state index in [0.717, 1.165) is 25.8 Å². The molecule has 3 rings (SSSR count). The van der Waals surface area contributed by atoms with Crippen molar-refractivity contribution in [2.45, 2.75) is 56.4 Å². The van der Waals surface area contributed by atoms with Crippen molar-refractivity contribution in [3.63, 3.8) is 0 Å². The molecule has 0 unspecified atom stereocenters. The average molecular weight is 440 g/mol. The van der Waals surface area contributed by atoms with E-state index in [2.05, 4.69) is 80.3 Å². The molecule has 2 aromatic rings. The highest BCUT2D eigenvalue weighted by Gasteiger charge is 2.30. The average Bonchev–Trinajstić information content (AvgIpc) is 3.22. The second-order valence-electron chi connectivity index (χ2n) is 8.85. The van der Waals surface area contributed by atoms with Crippen molar-refractivity contribution in [3.8, 4) is 0 Å². The van der Waals surface area contributed by atoms with E-state index in [1.165, 1.54) is 11.1 Å². The summed E-state index contributed by atoms with van der Waals surface area (Å²) in [6.45, 7) is 6.43. The van der Waals surface area contributed by atoms with Gasteiger partial charge in [0.05, 0.1) is 6.04 Å². The molecule has 4 atom stereocenters. The Morgan fingerprint density at radius 1 is 1.13 bits per heavy atom. The van der Waals surface area contributed by atoms with E-state index in [4.69, 9.17) is 5.73 Å². The summed E-state index contributed by atoms with van der Waals surface area (Å²) in [7, 11) is 0. The molecule has 5 heteroatoms. The number of amides is 1. The predicted octanol–water partition coefficient (Wildman–Crippen LogP) is 4.07. The van der Waals surface area contributed by atoms with Gasteiger partial charge < -0.3 is 16.0 Å².